The largest absolute Gasteiger partial charge is 0.550 e. The highest BCUT2D eigenvalue weighted by molar-refractivity contribution is 5.69. The van der Waals surface area contributed by atoms with Crippen LogP contribution < -0.4 is 5.11 Å². The number of hydrogen-bond donors (Lipinski definition) is 2. The van der Waals surface area contributed by atoms with Crippen molar-refractivity contribution >= 4 is 11.9 Å². The van der Waals surface area contributed by atoms with Gasteiger partial charge >= 0.3 is 5.97 Å². The Labute approximate surface area is 139 Å². The quantitative estimate of drug-likeness (QED) is 0.283. The molecule has 6 nitrogen and oxygen atoms in total. The van der Waals surface area contributed by atoms with E-state index in [-0.39, 0.29) is 24.3 Å². The lowest BCUT2D eigenvalue weighted by molar-refractivity contribution is -0.949. The Balaban J connectivity index is 4.74. The second kappa shape index (κ2) is 11.4. The van der Waals surface area contributed by atoms with Crippen LogP contribution in [0.3, 0.4) is 0 Å². The zero-order valence-electron chi connectivity index (χ0n) is 14.8. The molecule has 0 aromatic carbocycles. The first-order valence-corrected chi connectivity index (χ1v) is 8.67. The molecule has 3 unspecified atom stereocenters. The van der Waals surface area contributed by atoms with Gasteiger partial charge in [-0.15, -0.1) is 0 Å². The van der Waals surface area contributed by atoms with Crippen LogP contribution in [0.1, 0.15) is 59.3 Å². The van der Waals surface area contributed by atoms with Crippen LogP contribution in [0, 0.1) is 11.8 Å². The second-order valence-electron chi connectivity index (χ2n) is 6.80. The maximum absolute atomic E-state index is 11.1. The summed E-state index contributed by atoms with van der Waals surface area (Å²) in [5.74, 6) is -3.43. The molecule has 23 heavy (non-hydrogen) atoms. The van der Waals surface area contributed by atoms with E-state index in [1.165, 1.54) is 19.3 Å². The average molecular weight is 331 g/mol. The molecule has 0 aliphatic rings. The van der Waals surface area contributed by atoms with Crippen LogP contribution >= 0.6 is 0 Å². The molecule has 6 heteroatoms. The normalized spacial score (nSPS) is 16.5. The standard InChI is InChI=1S/C17H33NO5/c1-4-5-6-7-8-9-10-18(13-19,11-14(2)16(20)21)12-15(3)17(22)23/h14-15,19H,4-13H2,1-3H3,(H-,20,21,22,23). The number of hydrogen-bond acceptors (Lipinski definition) is 4. The lowest BCUT2D eigenvalue weighted by Gasteiger charge is -2.40. The van der Waals surface area contributed by atoms with E-state index in [0.29, 0.717) is 6.54 Å². The number of carboxylic acids is 2. The minimum Gasteiger partial charge on any atom is -0.550 e. The van der Waals surface area contributed by atoms with Gasteiger partial charge in [0, 0.05) is 11.9 Å². The van der Waals surface area contributed by atoms with Crippen LogP contribution in [0.15, 0.2) is 0 Å². The van der Waals surface area contributed by atoms with E-state index in [4.69, 9.17) is 5.11 Å². The fourth-order valence-corrected chi connectivity index (χ4v) is 2.99. The summed E-state index contributed by atoms with van der Waals surface area (Å²) in [6, 6.07) is 0. The highest BCUT2D eigenvalue weighted by Gasteiger charge is 2.33. The van der Waals surface area contributed by atoms with E-state index in [2.05, 4.69) is 6.92 Å². The fraction of sp³-hybridized carbons (Fsp3) is 0.882. The first-order valence-electron chi connectivity index (χ1n) is 8.67. The van der Waals surface area contributed by atoms with Crippen molar-refractivity contribution in [2.24, 2.45) is 11.8 Å². The van der Waals surface area contributed by atoms with Crippen molar-refractivity contribution in [3.8, 4) is 0 Å². The molecule has 0 saturated carbocycles. The van der Waals surface area contributed by atoms with Crippen LogP contribution in [-0.4, -0.2) is 53.0 Å². The highest BCUT2D eigenvalue weighted by Crippen LogP contribution is 2.18. The molecule has 0 fully saturated rings. The number of quaternary nitrogens is 1. The Morgan fingerprint density at radius 2 is 1.52 bits per heavy atom. The average Bonchev–Trinajstić information content (AvgIpc) is 2.50. The van der Waals surface area contributed by atoms with Gasteiger partial charge in [0.05, 0.1) is 19.6 Å². The number of carboxylic acid groups (broad SMARTS) is 2. The number of carbonyl (C=O) groups excluding carboxylic acids is 1. The SMILES string of the molecule is CCCCCCCC[N+](CO)(CC(C)C(=O)[O-])CC(C)C(=O)O. The second-order valence-corrected chi connectivity index (χ2v) is 6.80. The van der Waals surface area contributed by atoms with E-state index in [1.807, 2.05) is 0 Å². The lowest BCUT2D eigenvalue weighted by atomic mass is 10.0. The number of nitrogens with zero attached hydrogens (tertiary/aromatic N) is 1. The predicted molar refractivity (Wildman–Crippen MR) is 86.3 cm³/mol. The van der Waals surface area contributed by atoms with Gasteiger partial charge in [0.2, 0.25) is 0 Å². The number of rotatable bonds is 14. The fourth-order valence-electron chi connectivity index (χ4n) is 2.99. The highest BCUT2D eigenvalue weighted by atomic mass is 16.4. The lowest BCUT2D eigenvalue weighted by Crippen LogP contribution is -2.56. The maximum Gasteiger partial charge on any atom is 0.311 e. The molecule has 0 rings (SSSR count). The minimum atomic E-state index is -1.16. The van der Waals surface area contributed by atoms with Gasteiger partial charge in [-0.05, 0) is 19.8 Å². The molecular formula is C17H33NO5. The minimum absolute atomic E-state index is 0.108. The summed E-state index contributed by atoms with van der Waals surface area (Å²) in [6.07, 6.45) is 6.55. The number of carbonyl (C=O) groups is 2. The molecule has 0 aliphatic carbocycles. The molecule has 136 valence electrons. The summed E-state index contributed by atoms with van der Waals surface area (Å²) in [5, 5.41) is 30.0. The molecule has 0 aromatic heterocycles. The van der Waals surface area contributed by atoms with Crippen molar-refractivity contribution < 1.29 is 29.4 Å². The van der Waals surface area contributed by atoms with Crippen LogP contribution in [0.4, 0.5) is 0 Å². The van der Waals surface area contributed by atoms with Crippen molar-refractivity contribution in [2.75, 3.05) is 26.4 Å². The Morgan fingerprint density at radius 1 is 1.00 bits per heavy atom. The van der Waals surface area contributed by atoms with Crippen molar-refractivity contribution in [2.45, 2.75) is 59.3 Å². The van der Waals surface area contributed by atoms with Gasteiger partial charge in [0.25, 0.3) is 0 Å². The Bertz CT molecular complexity index is 337. The number of unbranched alkanes of at least 4 members (excludes halogenated alkanes) is 5. The molecule has 0 heterocycles. The molecule has 0 aromatic rings. The summed E-state index contributed by atoms with van der Waals surface area (Å²) >= 11 is 0. The summed E-state index contributed by atoms with van der Waals surface area (Å²) in [7, 11) is 0. The zero-order valence-corrected chi connectivity index (χ0v) is 14.8. The van der Waals surface area contributed by atoms with Crippen LogP contribution in [0.5, 0.6) is 0 Å². The first kappa shape index (κ1) is 21.9. The third-order valence-electron chi connectivity index (χ3n) is 4.43. The van der Waals surface area contributed by atoms with Crippen molar-refractivity contribution in [3.63, 3.8) is 0 Å². The summed E-state index contributed by atoms with van der Waals surface area (Å²) in [5.41, 5.74) is 0. The molecular weight excluding hydrogens is 298 g/mol. The van der Waals surface area contributed by atoms with E-state index in [0.717, 1.165) is 19.3 Å². The van der Waals surface area contributed by atoms with Crippen molar-refractivity contribution in [3.05, 3.63) is 0 Å². The van der Waals surface area contributed by atoms with Gasteiger partial charge in [0.15, 0.2) is 6.73 Å². The first-order chi connectivity index (χ1) is 10.8. The van der Waals surface area contributed by atoms with Gasteiger partial charge < -0.3 is 20.1 Å². The Kier molecular flexibility index (Phi) is 10.8. The van der Waals surface area contributed by atoms with E-state index in [1.54, 1.807) is 13.8 Å². The molecule has 0 spiro atoms. The third-order valence-corrected chi connectivity index (χ3v) is 4.43. The van der Waals surface area contributed by atoms with Crippen LogP contribution in [-0.2, 0) is 9.59 Å². The Morgan fingerprint density at radius 3 is 2.00 bits per heavy atom. The summed E-state index contributed by atoms with van der Waals surface area (Å²) < 4.78 is 0.108. The van der Waals surface area contributed by atoms with Gasteiger partial charge in [-0.3, -0.25) is 9.28 Å². The van der Waals surface area contributed by atoms with Gasteiger partial charge in [-0.1, -0.05) is 39.5 Å². The van der Waals surface area contributed by atoms with E-state index < -0.39 is 23.8 Å². The number of aliphatic hydroxyl groups is 1. The van der Waals surface area contributed by atoms with E-state index >= 15 is 0 Å². The van der Waals surface area contributed by atoms with Gasteiger partial charge in [-0.25, -0.2) is 0 Å². The smallest absolute Gasteiger partial charge is 0.311 e. The van der Waals surface area contributed by atoms with Crippen LogP contribution in [0.25, 0.3) is 0 Å². The molecule has 0 bridgehead atoms. The summed E-state index contributed by atoms with van der Waals surface area (Å²) in [4.78, 5) is 22.2. The monoisotopic (exact) mass is 331 g/mol. The molecule has 0 aliphatic heterocycles. The molecule has 2 N–H and O–H groups in total. The maximum atomic E-state index is 11.1. The van der Waals surface area contributed by atoms with Crippen LogP contribution in [0.2, 0.25) is 0 Å². The van der Waals surface area contributed by atoms with Crippen molar-refractivity contribution in [1.29, 1.82) is 0 Å². The topological polar surface area (TPSA) is 97.7 Å². The van der Waals surface area contributed by atoms with E-state index in [9.17, 15) is 19.8 Å². The van der Waals surface area contributed by atoms with Crippen molar-refractivity contribution in [1.82, 2.24) is 0 Å². The predicted octanol–water partition coefficient (Wildman–Crippen LogP) is 1.22. The zero-order chi connectivity index (χ0) is 17.9. The summed E-state index contributed by atoms with van der Waals surface area (Å²) in [6.45, 7) is 6.08. The van der Waals surface area contributed by atoms with Gasteiger partial charge in [0.1, 0.15) is 5.92 Å². The molecule has 0 saturated heterocycles. The molecule has 0 radical (unpaired) electrons. The molecule has 3 atom stereocenters. The number of aliphatic hydroxyl groups excluding tert-OH is 1. The third kappa shape index (κ3) is 8.91. The molecule has 0 amide bonds. The number of aliphatic carboxylic acids is 2. The van der Waals surface area contributed by atoms with Gasteiger partial charge in [-0.2, -0.15) is 0 Å². The Hall–Kier alpha value is -1.14.